The smallest absolute Gasteiger partial charge is 0.165 e. The van der Waals surface area contributed by atoms with Gasteiger partial charge in [0.1, 0.15) is 5.82 Å². The topological polar surface area (TPSA) is 67.1 Å². The lowest BCUT2D eigenvalue weighted by atomic mass is 10.1. The number of aliphatic hydroxyl groups is 1. The van der Waals surface area contributed by atoms with Crippen LogP contribution in [0.1, 0.15) is 49.2 Å². The summed E-state index contributed by atoms with van der Waals surface area (Å²) in [7, 11) is 0. The van der Waals surface area contributed by atoms with Crippen molar-refractivity contribution in [2.75, 3.05) is 6.54 Å². The number of tetrazole rings is 1. The van der Waals surface area contributed by atoms with Crippen LogP contribution in [0.15, 0.2) is 24.3 Å². The zero-order valence-corrected chi connectivity index (χ0v) is 12.8. The van der Waals surface area contributed by atoms with Gasteiger partial charge in [0.05, 0.1) is 18.7 Å². The van der Waals surface area contributed by atoms with Gasteiger partial charge in [-0.25, -0.2) is 9.07 Å². The minimum Gasteiger partial charge on any atom is -0.387 e. The van der Waals surface area contributed by atoms with Crippen molar-refractivity contribution in [2.45, 2.75) is 50.4 Å². The van der Waals surface area contributed by atoms with E-state index in [0.717, 1.165) is 37.1 Å². The molecule has 2 aliphatic rings. The van der Waals surface area contributed by atoms with E-state index in [1.54, 1.807) is 12.1 Å². The highest BCUT2D eigenvalue weighted by Crippen LogP contribution is 2.35. The molecule has 7 heteroatoms. The van der Waals surface area contributed by atoms with Crippen LogP contribution in [0.2, 0.25) is 0 Å². The summed E-state index contributed by atoms with van der Waals surface area (Å²) in [6, 6.07) is 6.97. The van der Waals surface area contributed by atoms with Gasteiger partial charge in [0.15, 0.2) is 5.82 Å². The molecule has 0 amide bonds. The zero-order chi connectivity index (χ0) is 15.8. The number of hydrogen-bond donors (Lipinski definition) is 1. The molecular weight excluding hydrogens is 297 g/mol. The van der Waals surface area contributed by atoms with Crippen molar-refractivity contribution in [3.8, 4) is 0 Å². The summed E-state index contributed by atoms with van der Waals surface area (Å²) in [4.78, 5) is 2.23. The molecule has 23 heavy (non-hydrogen) atoms. The first-order valence-corrected chi connectivity index (χ1v) is 8.15. The van der Waals surface area contributed by atoms with Crippen molar-refractivity contribution >= 4 is 0 Å². The molecular formula is C16H20FN5O. The monoisotopic (exact) mass is 317 g/mol. The van der Waals surface area contributed by atoms with Gasteiger partial charge in [-0.3, -0.25) is 4.90 Å². The summed E-state index contributed by atoms with van der Waals surface area (Å²) >= 11 is 0. The van der Waals surface area contributed by atoms with Crippen LogP contribution in [0, 0.1) is 5.82 Å². The first kappa shape index (κ1) is 14.7. The summed E-state index contributed by atoms with van der Waals surface area (Å²) in [5, 5.41) is 22.5. The number of aliphatic hydroxyl groups excluding tert-OH is 1. The summed E-state index contributed by atoms with van der Waals surface area (Å²) in [5.41, 5.74) is 0.735. The van der Waals surface area contributed by atoms with Gasteiger partial charge in [-0.1, -0.05) is 12.1 Å². The van der Waals surface area contributed by atoms with Crippen molar-refractivity contribution in [3.63, 3.8) is 0 Å². The normalized spacial score (nSPS) is 19.3. The fourth-order valence-corrected chi connectivity index (χ4v) is 2.90. The molecule has 1 unspecified atom stereocenters. The number of halogens is 1. The van der Waals surface area contributed by atoms with Gasteiger partial charge in [0, 0.05) is 12.6 Å². The highest BCUT2D eigenvalue weighted by Gasteiger charge is 2.33. The highest BCUT2D eigenvalue weighted by molar-refractivity contribution is 5.19. The molecule has 6 nitrogen and oxygen atoms in total. The van der Waals surface area contributed by atoms with Gasteiger partial charge in [0.25, 0.3) is 0 Å². The van der Waals surface area contributed by atoms with E-state index in [-0.39, 0.29) is 5.82 Å². The zero-order valence-electron chi connectivity index (χ0n) is 12.8. The van der Waals surface area contributed by atoms with Crippen molar-refractivity contribution in [3.05, 3.63) is 41.5 Å². The molecule has 1 heterocycles. The van der Waals surface area contributed by atoms with Crippen LogP contribution < -0.4 is 0 Å². The minimum atomic E-state index is -0.638. The van der Waals surface area contributed by atoms with E-state index in [1.165, 1.54) is 12.1 Å². The summed E-state index contributed by atoms with van der Waals surface area (Å²) < 4.78 is 14.9. The Labute approximate surface area is 133 Å². The molecule has 4 rings (SSSR count). The Bertz CT molecular complexity index is 665. The van der Waals surface area contributed by atoms with Crippen LogP contribution in [0.5, 0.6) is 0 Å². The molecule has 1 N–H and O–H groups in total. The van der Waals surface area contributed by atoms with Gasteiger partial charge in [0.2, 0.25) is 0 Å². The van der Waals surface area contributed by atoms with Gasteiger partial charge in [-0.05, 0) is 53.8 Å². The fourth-order valence-electron chi connectivity index (χ4n) is 2.90. The molecule has 0 spiro atoms. The first-order chi connectivity index (χ1) is 11.2. The lowest BCUT2D eigenvalue weighted by Gasteiger charge is -2.24. The van der Waals surface area contributed by atoms with Crippen LogP contribution in [0.25, 0.3) is 0 Å². The molecule has 1 aromatic carbocycles. The predicted octanol–water partition coefficient (Wildman–Crippen LogP) is 1.85. The summed E-state index contributed by atoms with van der Waals surface area (Å²) in [6.45, 7) is 1.15. The molecule has 122 valence electrons. The van der Waals surface area contributed by atoms with Crippen LogP contribution in [-0.2, 0) is 6.54 Å². The minimum absolute atomic E-state index is 0.288. The third kappa shape index (κ3) is 3.40. The largest absolute Gasteiger partial charge is 0.387 e. The van der Waals surface area contributed by atoms with Crippen molar-refractivity contribution in [1.82, 2.24) is 25.1 Å². The Kier molecular flexibility index (Phi) is 3.82. The van der Waals surface area contributed by atoms with Gasteiger partial charge >= 0.3 is 0 Å². The molecule has 0 saturated heterocycles. The van der Waals surface area contributed by atoms with Crippen LogP contribution in [0.3, 0.4) is 0 Å². The third-order valence-corrected chi connectivity index (χ3v) is 4.52. The maximum Gasteiger partial charge on any atom is 0.165 e. The molecule has 0 bridgehead atoms. The second-order valence-corrected chi connectivity index (χ2v) is 6.50. The average Bonchev–Trinajstić information content (AvgIpc) is 3.46. The van der Waals surface area contributed by atoms with E-state index in [2.05, 4.69) is 20.4 Å². The summed E-state index contributed by atoms with van der Waals surface area (Å²) in [6.07, 6.45) is 3.92. The lowest BCUT2D eigenvalue weighted by Crippen LogP contribution is -2.31. The van der Waals surface area contributed by atoms with Gasteiger partial charge < -0.3 is 5.11 Å². The van der Waals surface area contributed by atoms with Crippen molar-refractivity contribution in [1.29, 1.82) is 0 Å². The molecule has 2 saturated carbocycles. The highest BCUT2D eigenvalue weighted by atomic mass is 19.1. The maximum absolute atomic E-state index is 13.0. The standard InChI is InChI=1S/C16H20FN5O/c17-12-3-1-11(2-4-12)15(23)9-21(13-5-6-13)10-16-18-19-20-22(16)14-7-8-14/h1-4,13-15,23H,5-10H2. The molecule has 2 aromatic rings. The maximum atomic E-state index is 13.0. The first-order valence-electron chi connectivity index (χ1n) is 8.15. The Morgan fingerprint density at radius 1 is 1.22 bits per heavy atom. The van der Waals surface area contributed by atoms with E-state index in [9.17, 15) is 9.50 Å². The second-order valence-electron chi connectivity index (χ2n) is 6.50. The molecule has 0 aliphatic heterocycles. The number of rotatable bonds is 7. The molecule has 0 radical (unpaired) electrons. The van der Waals surface area contributed by atoms with E-state index in [1.807, 2.05) is 4.68 Å². The second kappa shape index (κ2) is 5.98. The Morgan fingerprint density at radius 3 is 2.61 bits per heavy atom. The average molecular weight is 317 g/mol. The van der Waals surface area contributed by atoms with Crippen LogP contribution in [0.4, 0.5) is 4.39 Å². The molecule has 1 atom stereocenters. The molecule has 2 fully saturated rings. The van der Waals surface area contributed by atoms with E-state index in [4.69, 9.17) is 0 Å². The predicted molar refractivity (Wildman–Crippen MR) is 80.9 cm³/mol. The van der Waals surface area contributed by atoms with Crippen LogP contribution >= 0.6 is 0 Å². The lowest BCUT2D eigenvalue weighted by molar-refractivity contribution is 0.102. The molecule has 2 aliphatic carbocycles. The van der Waals surface area contributed by atoms with Gasteiger partial charge in [-0.15, -0.1) is 5.10 Å². The number of aromatic nitrogens is 4. The Balaban J connectivity index is 1.45. The number of nitrogens with zero attached hydrogens (tertiary/aromatic N) is 5. The third-order valence-electron chi connectivity index (χ3n) is 4.52. The van der Waals surface area contributed by atoms with E-state index < -0.39 is 6.10 Å². The quantitative estimate of drug-likeness (QED) is 0.844. The number of benzene rings is 1. The Hall–Kier alpha value is -1.86. The van der Waals surface area contributed by atoms with E-state index in [0.29, 0.717) is 25.2 Å². The fraction of sp³-hybridized carbons (Fsp3) is 0.562. The van der Waals surface area contributed by atoms with Crippen LogP contribution in [-0.4, -0.2) is 42.8 Å². The molecule has 1 aromatic heterocycles. The SMILES string of the molecule is OC(CN(Cc1nnnn1C1CC1)C1CC1)c1ccc(F)cc1. The van der Waals surface area contributed by atoms with E-state index >= 15 is 0 Å². The van der Waals surface area contributed by atoms with Gasteiger partial charge in [-0.2, -0.15) is 0 Å². The summed E-state index contributed by atoms with van der Waals surface area (Å²) in [5.74, 6) is 0.578. The number of hydrogen-bond acceptors (Lipinski definition) is 5. The van der Waals surface area contributed by atoms with Crippen molar-refractivity contribution in [2.24, 2.45) is 0 Å². The van der Waals surface area contributed by atoms with Crippen molar-refractivity contribution < 1.29 is 9.50 Å². The Morgan fingerprint density at radius 2 is 1.96 bits per heavy atom.